The third kappa shape index (κ3) is 7.75. The lowest BCUT2D eigenvalue weighted by Gasteiger charge is -2.32. The molecule has 4 rings (SSSR count). The summed E-state index contributed by atoms with van der Waals surface area (Å²) >= 11 is 1.03. The molecule has 1 unspecified atom stereocenters. The SMILES string of the molecule is CCOc1cccc(NC(=O)C2CC(=O)N(CCc3ccc(OC)c(OC)c3)C(=Nc3cccc(C(F)(F)F)c3)S2)c1. The fourth-order valence-corrected chi connectivity index (χ4v) is 5.38. The molecule has 1 aliphatic rings. The van der Waals surface area contributed by atoms with Gasteiger partial charge in [0.15, 0.2) is 16.7 Å². The van der Waals surface area contributed by atoms with Gasteiger partial charge in [0.1, 0.15) is 11.0 Å². The zero-order chi connectivity index (χ0) is 30.3. The Morgan fingerprint density at radius 1 is 1.05 bits per heavy atom. The van der Waals surface area contributed by atoms with Gasteiger partial charge in [0, 0.05) is 24.7 Å². The average molecular weight is 602 g/mol. The highest BCUT2D eigenvalue weighted by atomic mass is 32.2. The maximum Gasteiger partial charge on any atom is 0.416 e. The minimum Gasteiger partial charge on any atom is -0.494 e. The van der Waals surface area contributed by atoms with Crippen LogP contribution < -0.4 is 19.5 Å². The lowest BCUT2D eigenvalue weighted by atomic mass is 10.1. The standard InChI is InChI=1S/C30H30F3N3O5S/c1-4-41-23-10-6-9-22(17-23)34-28(38)26-18-27(37)36(14-13-19-11-12-24(39-2)25(15-19)40-3)29(42-26)35-21-8-5-7-20(16-21)30(31,32)33/h5-12,15-17,26H,4,13-14,18H2,1-3H3,(H,34,38). The smallest absolute Gasteiger partial charge is 0.416 e. The molecule has 42 heavy (non-hydrogen) atoms. The Kier molecular flexibility index (Phi) is 10.00. The first-order chi connectivity index (χ1) is 20.1. The lowest BCUT2D eigenvalue weighted by molar-refractivity contribution is -0.137. The largest absolute Gasteiger partial charge is 0.494 e. The highest BCUT2D eigenvalue weighted by Gasteiger charge is 2.36. The highest BCUT2D eigenvalue weighted by Crippen LogP contribution is 2.34. The first kappa shape index (κ1) is 30.8. The lowest BCUT2D eigenvalue weighted by Crippen LogP contribution is -2.46. The van der Waals surface area contributed by atoms with Crippen LogP contribution in [0.4, 0.5) is 24.5 Å². The maximum atomic E-state index is 13.4. The number of rotatable bonds is 10. The molecule has 0 bridgehead atoms. The van der Waals surface area contributed by atoms with Crippen molar-refractivity contribution in [3.8, 4) is 17.2 Å². The molecule has 0 aromatic heterocycles. The molecule has 0 radical (unpaired) electrons. The first-order valence-electron chi connectivity index (χ1n) is 13.1. The van der Waals surface area contributed by atoms with Crippen molar-refractivity contribution in [3.63, 3.8) is 0 Å². The van der Waals surface area contributed by atoms with E-state index in [9.17, 15) is 22.8 Å². The average Bonchev–Trinajstić information content (AvgIpc) is 2.96. The van der Waals surface area contributed by atoms with E-state index < -0.39 is 22.9 Å². The Morgan fingerprint density at radius 2 is 1.81 bits per heavy atom. The number of hydrogen-bond acceptors (Lipinski definition) is 7. The molecule has 1 heterocycles. The van der Waals surface area contributed by atoms with Crippen LogP contribution >= 0.6 is 11.8 Å². The summed E-state index contributed by atoms with van der Waals surface area (Å²) in [6, 6.07) is 16.8. The van der Waals surface area contributed by atoms with Crippen LogP contribution in [-0.4, -0.2) is 54.5 Å². The van der Waals surface area contributed by atoms with Crippen molar-refractivity contribution in [1.82, 2.24) is 4.90 Å². The van der Waals surface area contributed by atoms with Crippen molar-refractivity contribution in [2.45, 2.75) is 31.2 Å². The van der Waals surface area contributed by atoms with E-state index in [1.807, 2.05) is 13.0 Å². The Bertz CT molecular complexity index is 1460. The summed E-state index contributed by atoms with van der Waals surface area (Å²) in [5.41, 5.74) is 0.489. The van der Waals surface area contributed by atoms with Gasteiger partial charge in [-0.2, -0.15) is 13.2 Å². The number of nitrogens with zero attached hydrogens (tertiary/aromatic N) is 2. The van der Waals surface area contributed by atoms with Crippen molar-refractivity contribution >= 4 is 40.1 Å². The summed E-state index contributed by atoms with van der Waals surface area (Å²) in [5.74, 6) is 0.855. The van der Waals surface area contributed by atoms with Crippen molar-refractivity contribution < 1.29 is 37.0 Å². The number of hydrogen-bond donors (Lipinski definition) is 1. The summed E-state index contributed by atoms with van der Waals surface area (Å²) < 4.78 is 56.2. The summed E-state index contributed by atoms with van der Waals surface area (Å²) in [4.78, 5) is 32.4. The number of alkyl halides is 3. The number of benzene rings is 3. The number of halogens is 3. The molecule has 1 fully saturated rings. The van der Waals surface area contributed by atoms with Gasteiger partial charge in [-0.15, -0.1) is 0 Å². The van der Waals surface area contributed by atoms with E-state index in [1.54, 1.807) is 36.4 Å². The van der Waals surface area contributed by atoms with Crippen LogP contribution in [0.25, 0.3) is 0 Å². The zero-order valence-electron chi connectivity index (χ0n) is 23.2. The van der Waals surface area contributed by atoms with E-state index in [0.717, 1.165) is 29.5 Å². The van der Waals surface area contributed by atoms with Crippen LogP contribution in [0.2, 0.25) is 0 Å². The maximum absolute atomic E-state index is 13.4. The molecule has 2 amide bonds. The van der Waals surface area contributed by atoms with Gasteiger partial charge in [-0.25, -0.2) is 4.99 Å². The normalized spacial score (nSPS) is 16.3. The summed E-state index contributed by atoms with van der Waals surface area (Å²) in [7, 11) is 3.05. The van der Waals surface area contributed by atoms with Crippen LogP contribution in [0, 0.1) is 0 Å². The Morgan fingerprint density at radius 3 is 2.52 bits per heavy atom. The quantitative estimate of drug-likeness (QED) is 0.293. The Labute approximate surface area is 245 Å². The topological polar surface area (TPSA) is 89.5 Å². The van der Waals surface area contributed by atoms with Crippen LogP contribution in [0.5, 0.6) is 17.2 Å². The van der Waals surface area contributed by atoms with Crippen LogP contribution in [0.3, 0.4) is 0 Å². The van der Waals surface area contributed by atoms with E-state index >= 15 is 0 Å². The first-order valence-corrected chi connectivity index (χ1v) is 14.0. The predicted octanol–water partition coefficient (Wildman–Crippen LogP) is 6.32. The number of nitrogens with one attached hydrogen (secondary N) is 1. The fraction of sp³-hybridized carbons (Fsp3) is 0.300. The van der Waals surface area contributed by atoms with Gasteiger partial charge >= 0.3 is 6.18 Å². The molecule has 0 aliphatic carbocycles. The molecular formula is C30H30F3N3O5S. The molecule has 12 heteroatoms. The number of carbonyl (C=O) groups is 2. The molecule has 1 saturated heterocycles. The van der Waals surface area contributed by atoms with Gasteiger partial charge in [-0.05, 0) is 61.4 Å². The van der Waals surface area contributed by atoms with E-state index in [0.29, 0.717) is 36.0 Å². The van der Waals surface area contributed by atoms with E-state index in [-0.39, 0.29) is 29.7 Å². The number of carbonyl (C=O) groups excluding carboxylic acids is 2. The number of aliphatic imine (C=N–C) groups is 1. The zero-order valence-corrected chi connectivity index (χ0v) is 24.1. The van der Waals surface area contributed by atoms with Gasteiger partial charge in [-0.1, -0.05) is 30.0 Å². The molecule has 1 N–H and O–H groups in total. The number of methoxy groups -OCH3 is 2. The number of ether oxygens (including phenoxy) is 3. The summed E-state index contributed by atoms with van der Waals surface area (Å²) in [6.07, 6.45) is -4.28. The molecule has 222 valence electrons. The van der Waals surface area contributed by atoms with Gasteiger partial charge in [-0.3, -0.25) is 14.5 Å². The van der Waals surface area contributed by atoms with Gasteiger partial charge in [0.2, 0.25) is 11.8 Å². The molecule has 3 aromatic carbocycles. The molecule has 0 spiro atoms. The van der Waals surface area contributed by atoms with E-state index in [4.69, 9.17) is 14.2 Å². The minimum atomic E-state index is -4.56. The molecule has 1 aliphatic heterocycles. The number of anilines is 1. The van der Waals surface area contributed by atoms with Crippen molar-refractivity contribution in [3.05, 3.63) is 77.9 Å². The molecular weight excluding hydrogens is 571 g/mol. The fourth-order valence-electron chi connectivity index (χ4n) is 4.25. The van der Waals surface area contributed by atoms with Crippen molar-refractivity contribution in [2.75, 3.05) is 32.7 Å². The summed E-state index contributed by atoms with van der Waals surface area (Å²) in [5, 5.41) is 2.08. The van der Waals surface area contributed by atoms with Crippen LogP contribution in [0.15, 0.2) is 71.7 Å². The second-order valence-electron chi connectivity index (χ2n) is 9.19. The number of amidine groups is 1. The molecule has 3 aromatic rings. The summed E-state index contributed by atoms with van der Waals surface area (Å²) in [6.45, 7) is 2.49. The molecule has 1 atom stereocenters. The van der Waals surface area contributed by atoms with Gasteiger partial charge < -0.3 is 19.5 Å². The molecule has 8 nitrogen and oxygen atoms in total. The van der Waals surface area contributed by atoms with Gasteiger partial charge in [0.05, 0.1) is 32.1 Å². The Hall–Kier alpha value is -4.19. The van der Waals surface area contributed by atoms with Crippen LogP contribution in [-0.2, 0) is 22.2 Å². The number of amides is 2. The van der Waals surface area contributed by atoms with Crippen molar-refractivity contribution in [2.24, 2.45) is 4.99 Å². The molecule has 0 saturated carbocycles. The second-order valence-corrected chi connectivity index (χ2v) is 10.4. The number of thioether (sulfide) groups is 1. The third-order valence-corrected chi connectivity index (χ3v) is 7.50. The minimum absolute atomic E-state index is 0.0155. The predicted molar refractivity (Wildman–Crippen MR) is 156 cm³/mol. The van der Waals surface area contributed by atoms with Crippen LogP contribution in [0.1, 0.15) is 24.5 Å². The Balaban J connectivity index is 1.60. The van der Waals surface area contributed by atoms with E-state index in [2.05, 4.69) is 10.3 Å². The highest BCUT2D eigenvalue weighted by molar-refractivity contribution is 8.15. The van der Waals surface area contributed by atoms with Gasteiger partial charge in [0.25, 0.3) is 0 Å². The van der Waals surface area contributed by atoms with Crippen molar-refractivity contribution in [1.29, 1.82) is 0 Å². The monoisotopic (exact) mass is 601 g/mol. The second kappa shape index (κ2) is 13.6. The van der Waals surface area contributed by atoms with E-state index in [1.165, 1.54) is 31.3 Å². The third-order valence-electron chi connectivity index (χ3n) is 6.31.